The number of phenolic OH excluding ortho intramolecular Hbond substituents is 1. The number of amides is 3. The van der Waals surface area contributed by atoms with Crippen molar-refractivity contribution in [1.82, 2.24) is 34.8 Å². The summed E-state index contributed by atoms with van der Waals surface area (Å²) >= 11 is 0. The minimum Gasteiger partial charge on any atom is -0.508 e. The van der Waals surface area contributed by atoms with Crippen molar-refractivity contribution in [3.05, 3.63) is 80.9 Å². The first kappa shape index (κ1) is 40.4. The number of cyclic esters (lactones) is 1. The Morgan fingerprint density at radius 2 is 1.78 bits per heavy atom. The number of pyridine rings is 2. The van der Waals surface area contributed by atoms with Gasteiger partial charge in [0, 0.05) is 41.1 Å². The molecule has 3 aromatic heterocycles. The largest absolute Gasteiger partial charge is 0.509 e. The van der Waals surface area contributed by atoms with E-state index in [9.17, 15) is 33.9 Å². The number of imide groups is 1. The quantitative estimate of drug-likeness (QED) is 0.0933. The zero-order valence-corrected chi connectivity index (χ0v) is 33.3. The fourth-order valence-electron chi connectivity index (χ4n) is 8.65. The summed E-state index contributed by atoms with van der Waals surface area (Å²) in [6, 6.07) is 6.62. The van der Waals surface area contributed by atoms with Gasteiger partial charge in [0.2, 0.25) is 11.5 Å². The average molecular weight is 824 g/mol. The van der Waals surface area contributed by atoms with Gasteiger partial charge in [-0.15, -0.1) is 5.10 Å². The summed E-state index contributed by atoms with van der Waals surface area (Å²) in [5.74, 6) is -1.31. The lowest BCUT2D eigenvalue weighted by Gasteiger charge is -2.35. The summed E-state index contributed by atoms with van der Waals surface area (Å²) in [5.41, 5.74) is 2.21. The Kier molecular flexibility index (Phi) is 11.2. The number of esters is 1. The normalized spacial score (nSPS) is 20.5. The van der Waals surface area contributed by atoms with E-state index < -0.39 is 17.7 Å². The second-order valence-electron chi connectivity index (χ2n) is 15.4. The van der Waals surface area contributed by atoms with E-state index in [-0.39, 0.29) is 97.9 Å². The van der Waals surface area contributed by atoms with Crippen LogP contribution in [0.1, 0.15) is 73.9 Å². The Bertz CT molecular complexity index is 2470. The molecule has 18 heteroatoms. The van der Waals surface area contributed by atoms with Gasteiger partial charge >= 0.3 is 12.1 Å². The zero-order chi connectivity index (χ0) is 42.1. The number of carbonyl (C=O) groups excluding carboxylic acids is 5. The van der Waals surface area contributed by atoms with E-state index in [1.165, 1.54) is 17.1 Å². The molecule has 4 aliphatic rings. The fourth-order valence-corrected chi connectivity index (χ4v) is 8.65. The van der Waals surface area contributed by atoms with E-state index in [4.69, 9.17) is 23.9 Å². The van der Waals surface area contributed by atoms with Crippen LogP contribution in [0.5, 0.6) is 5.75 Å². The number of aromatic hydroxyl groups is 1. The number of ether oxygens (including phenoxy) is 4. The molecule has 0 saturated heterocycles. The fraction of sp³-hybridized carbons (Fsp3) is 0.452. The number of nitrogens with zero attached hydrogens (tertiary/aromatic N) is 6. The van der Waals surface area contributed by atoms with Gasteiger partial charge in [-0.25, -0.2) is 19.3 Å². The van der Waals surface area contributed by atoms with Crippen molar-refractivity contribution in [2.75, 3.05) is 26.4 Å². The number of phenols is 1. The lowest BCUT2D eigenvalue weighted by Crippen LogP contribution is -2.47. The van der Waals surface area contributed by atoms with Crippen LogP contribution >= 0.6 is 0 Å². The van der Waals surface area contributed by atoms with Crippen LogP contribution in [0.2, 0.25) is 0 Å². The van der Waals surface area contributed by atoms with Gasteiger partial charge in [0.15, 0.2) is 0 Å². The number of aromatic nitrogens is 5. The lowest BCUT2D eigenvalue weighted by atomic mass is 9.81. The van der Waals surface area contributed by atoms with E-state index in [1.54, 1.807) is 46.6 Å². The molecule has 4 aromatic rings. The van der Waals surface area contributed by atoms with Crippen LogP contribution in [-0.2, 0) is 76.4 Å². The first-order chi connectivity index (χ1) is 29.0. The van der Waals surface area contributed by atoms with Gasteiger partial charge in [-0.2, -0.15) is 0 Å². The average Bonchev–Trinajstić information content (AvgIpc) is 3.95. The van der Waals surface area contributed by atoms with Crippen LogP contribution < -0.4 is 10.9 Å². The number of benzene rings is 1. The molecular weight excluding hydrogens is 778 g/mol. The van der Waals surface area contributed by atoms with E-state index in [2.05, 4.69) is 15.6 Å². The number of aryl methyl sites for hydroxylation is 1. The Morgan fingerprint density at radius 1 is 1.00 bits per heavy atom. The van der Waals surface area contributed by atoms with Crippen LogP contribution in [-0.4, -0.2) is 90.8 Å². The van der Waals surface area contributed by atoms with Crippen molar-refractivity contribution in [3.63, 3.8) is 0 Å². The maximum atomic E-state index is 13.9. The minimum absolute atomic E-state index is 0.0133. The summed E-state index contributed by atoms with van der Waals surface area (Å²) in [6.45, 7) is 4.59. The molecule has 1 aromatic carbocycles. The summed E-state index contributed by atoms with van der Waals surface area (Å²) in [5, 5.41) is 22.1. The smallest absolute Gasteiger partial charge is 0.508 e. The first-order valence-corrected chi connectivity index (χ1v) is 20.2. The predicted octanol–water partition coefficient (Wildman–Crippen LogP) is 3.16. The van der Waals surface area contributed by atoms with Gasteiger partial charge in [0.25, 0.3) is 17.4 Å². The molecule has 1 fully saturated rings. The maximum absolute atomic E-state index is 13.9. The highest BCUT2D eigenvalue weighted by molar-refractivity contribution is 6.12. The molecule has 0 radical (unpaired) electrons. The van der Waals surface area contributed by atoms with Gasteiger partial charge in [-0.05, 0) is 74.3 Å². The molecule has 0 spiro atoms. The third-order valence-electron chi connectivity index (χ3n) is 11.9. The van der Waals surface area contributed by atoms with Gasteiger partial charge < -0.3 is 33.9 Å². The van der Waals surface area contributed by atoms with Crippen LogP contribution in [0.4, 0.5) is 4.79 Å². The Balaban J connectivity index is 0.807. The van der Waals surface area contributed by atoms with Crippen LogP contribution in [0.25, 0.3) is 22.3 Å². The number of hydrogen-bond acceptors (Lipinski definition) is 14. The summed E-state index contributed by atoms with van der Waals surface area (Å²) in [4.78, 5) is 83.1. The van der Waals surface area contributed by atoms with Crippen molar-refractivity contribution in [2.24, 2.45) is 11.8 Å². The molecule has 18 nitrogen and oxygen atoms in total. The van der Waals surface area contributed by atoms with Crippen molar-refractivity contribution >= 4 is 40.7 Å². The predicted molar refractivity (Wildman–Crippen MR) is 210 cm³/mol. The number of fused-ring (bicyclic) bond motifs is 5. The van der Waals surface area contributed by atoms with Crippen molar-refractivity contribution in [1.29, 1.82) is 0 Å². The van der Waals surface area contributed by atoms with E-state index >= 15 is 0 Å². The number of rotatable bonds is 14. The molecule has 1 aliphatic carbocycles. The summed E-state index contributed by atoms with van der Waals surface area (Å²) in [6.07, 6.45) is 6.60. The third kappa shape index (κ3) is 7.62. The second kappa shape index (κ2) is 16.7. The lowest BCUT2D eigenvalue weighted by molar-refractivity contribution is -0.175. The minimum atomic E-state index is -1.93. The standard InChI is InChI=1S/C42H45N7O11/c1-3-28-29-17-27(50)9-10-33(29)44-37-30(28)22-48-34(37)18-32-31(39(48)54)23-59-40(55)42(32,4-2)60-41(56)58-16-15-57-14-13-47-21-26(45-46-47)19-43-38(53)25-7-5-24(6-8-25)20-49-35(51)11-12-36(49)52/h9-12,17-18,21,24-25,50H,3-8,13-16,19-20,22-23H2,1-2H3,(H,43,53)/t24?,25?,42-/m0/s1. The highest BCUT2D eigenvalue weighted by Crippen LogP contribution is 2.42. The van der Waals surface area contributed by atoms with Crippen LogP contribution in [0.3, 0.4) is 0 Å². The zero-order valence-electron chi connectivity index (χ0n) is 33.3. The number of hydrogen-bond donors (Lipinski definition) is 2. The molecule has 314 valence electrons. The highest BCUT2D eigenvalue weighted by atomic mass is 16.7. The molecule has 2 N–H and O–H groups in total. The van der Waals surface area contributed by atoms with Gasteiger partial charge in [-0.3, -0.25) is 24.1 Å². The molecule has 8 rings (SSSR count). The molecule has 0 unspecified atom stereocenters. The topological polar surface area (TPSA) is 223 Å². The number of nitrogens with one attached hydrogen (secondary N) is 1. The van der Waals surface area contributed by atoms with Crippen LogP contribution in [0, 0.1) is 11.8 Å². The third-order valence-corrected chi connectivity index (χ3v) is 11.9. The molecule has 6 heterocycles. The van der Waals surface area contributed by atoms with E-state index in [1.807, 2.05) is 6.92 Å². The van der Waals surface area contributed by atoms with Gasteiger partial charge in [0.1, 0.15) is 24.7 Å². The maximum Gasteiger partial charge on any atom is 0.509 e. The Morgan fingerprint density at radius 3 is 2.53 bits per heavy atom. The summed E-state index contributed by atoms with van der Waals surface area (Å²) in [7, 11) is 0. The van der Waals surface area contributed by atoms with Crippen molar-refractivity contribution < 1.29 is 48.0 Å². The first-order valence-electron chi connectivity index (χ1n) is 20.2. The van der Waals surface area contributed by atoms with E-state index in [0.29, 0.717) is 55.0 Å². The molecule has 3 aliphatic heterocycles. The van der Waals surface area contributed by atoms with Gasteiger partial charge in [0.05, 0.1) is 61.5 Å². The molecule has 1 atom stereocenters. The molecule has 60 heavy (non-hydrogen) atoms. The molecule has 3 amide bonds. The molecular formula is C42H45N7O11. The SMILES string of the molecule is CCc1c2c(nc3ccc(O)cc13)-c1cc3c(c(=O)n1C2)COC(=O)[C@@]3(CC)OC(=O)OCCOCCn1cc(CNC(=O)C2CCC(CN3C(=O)C=CC3=O)CC2)nn1. The van der Waals surface area contributed by atoms with Gasteiger partial charge in [-0.1, -0.05) is 19.1 Å². The molecule has 0 bridgehead atoms. The van der Waals surface area contributed by atoms with Crippen molar-refractivity contribution in [3.8, 4) is 17.1 Å². The number of carbonyl (C=O) groups is 5. The van der Waals surface area contributed by atoms with E-state index in [0.717, 1.165) is 29.4 Å². The second-order valence-corrected chi connectivity index (χ2v) is 15.4. The van der Waals surface area contributed by atoms with Crippen LogP contribution in [0.15, 0.2) is 47.4 Å². The molecule has 1 saturated carbocycles. The monoisotopic (exact) mass is 823 g/mol. The summed E-state index contributed by atoms with van der Waals surface area (Å²) < 4.78 is 25.2. The Labute approximate surface area is 343 Å². The highest BCUT2D eigenvalue weighted by Gasteiger charge is 2.51. The van der Waals surface area contributed by atoms with Crippen molar-refractivity contribution in [2.45, 2.75) is 84.2 Å². The Hall–Kier alpha value is -6.43.